The van der Waals surface area contributed by atoms with Crippen molar-refractivity contribution in [1.29, 1.82) is 0 Å². The van der Waals surface area contributed by atoms with Gasteiger partial charge in [0.05, 0.1) is 11.0 Å². The molecule has 0 bridgehead atoms. The first-order chi connectivity index (χ1) is 9.97. The quantitative estimate of drug-likeness (QED) is 0.871. The molecule has 21 heavy (non-hydrogen) atoms. The zero-order valence-corrected chi connectivity index (χ0v) is 13.0. The molecule has 1 amide bonds. The number of nitrogens with zero attached hydrogens (tertiary/aromatic N) is 1. The maximum Gasteiger partial charge on any atom is 0.328 e. The fourth-order valence-electron chi connectivity index (χ4n) is 2.25. The van der Waals surface area contributed by atoms with Crippen LogP contribution < -0.4 is 0 Å². The lowest BCUT2D eigenvalue weighted by atomic mass is 10.2. The first-order valence-corrected chi connectivity index (χ1v) is 7.71. The first kappa shape index (κ1) is 15.7. The molecule has 6 heteroatoms. The van der Waals surface area contributed by atoms with Crippen LogP contribution >= 0.6 is 11.3 Å². The van der Waals surface area contributed by atoms with Crippen molar-refractivity contribution in [3.05, 3.63) is 27.5 Å². The average Bonchev–Trinajstić information content (AvgIpc) is 2.65. The fraction of sp³-hybridized carbons (Fsp3) is 0.467. The van der Waals surface area contributed by atoms with Gasteiger partial charge in [0, 0.05) is 30.6 Å². The van der Waals surface area contributed by atoms with Gasteiger partial charge in [0.15, 0.2) is 0 Å². The van der Waals surface area contributed by atoms with Crippen molar-refractivity contribution in [1.82, 2.24) is 4.90 Å². The van der Waals surface area contributed by atoms with Crippen LogP contribution in [0.2, 0.25) is 0 Å². The Balaban J connectivity index is 2.15. The second-order valence-electron chi connectivity index (χ2n) is 5.12. The number of thiophene rings is 1. The SMILES string of the molecule is Cc1cc(C(=O)N2CCCOC(C)C2)sc1/C=C/C(=O)O. The summed E-state index contributed by atoms with van der Waals surface area (Å²) < 4.78 is 5.55. The smallest absolute Gasteiger partial charge is 0.328 e. The van der Waals surface area contributed by atoms with Crippen molar-refractivity contribution in [3.63, 3.8) is 0 Å². The second-order valence-corrected chi connectivity index (χ2v) is 6.20. The Kier molecular flexibility index (Phi) is 5.14. The predicted molar refractivity (Wildman–Crippen MR) is 81.7 cm³/mol. The molecule has 1 saturated heterocycles. The summed E-state index contributed by atoms with van der Waals surface area (Å²) in [6.45, 7) is 5.81. The number of aliphatic carboxylic acids is 1. The van der Waals surface area contributed by atoms with Gasteiger partial charge in [-0.2, -0.15) is 0 Å². The molecule has 0 saturated carbocycles. The van der Waals surface area contributed by atoms with Crippen molar-refractivity contribution >= 4 is 29.3 Å². The molecule has 2 rings (SSSR count). The van der Waals surface area contributed by atoms with Crippen LogP contribution in [0.3, 0.4) is 0 Å². The standard InChI is InChI=1S/C15H19NO4S/c1-10-8-13(21-12(10)4-5-14(17)18)15(19)16-6-3-7-20-11(2)9-16/h4-5,8,11H,3,6-7,9H2,1-2H3,(H,17,18)/b5-4+. The number of ether oxygens (including phenoxy) is 1. The molecule has 0 spiro atoms. The summed E-state index contributed by atoms with van der Waals surface area (Å²) in [6.07, 6.45) is 3.51. The van der Waals surface area contributed by atoms with Gasteiger partial charge in [-0.15, -0.1) is 11.3 Å². The van der Waals surface area contributed by atoms with Crippen LogP contribution in [0.15, 0.2) is 12.1 Å². The fourth-order valence-corrected chi connectivity index (χ4v) is 3.29. The van der Waals surface area contributed by atoms with Crippen molar-refractivity contribution in [2.75, 3.05) is 19.7 Å². The second kappa shape index (κ2) is 6.87. The molecule has 1 aliphatic rings. The predicted octanol–water partition coefficient (Wildman–Crippen LogP) is 2.41. The van der Waals surface area contributed by atoms with Crippen molar-refractivity contribution in [3.8, 4) is 0 Å². The van der Waals surface area contributed by atoms with E-state index in [0.29, 0.717) is 24.6 Å². The number of carboxylic acid groups (broad SMARTS) is 1. The minimum absolute atomic E-state index is 0.00424. The average molecular weight is 309 g/mol. The molecule has 0 aliphatic carbocycles. The molecule has 0 aromatic carbocycles. The molecule has 1 aromatic heterocycles. The van der Waals surface area contributed by atoms with Gasteiger partial charge in [0.25, 0.3) is 5.91 Å². The molecular weight excluding hydrogens is 290 g/mol. The minimum Gasteiger partial charge on any atom is -0.478 e. The summed E-state index contributed by atoms with van der Waals surface area (Å²) in [4.78, 5) is 26.4. The molecule has 5 nitrogen and oxygen atoms in total. The summed E-state index contributed by atoms with van der Waals surface area (Å²) in [5.74, 6) is -0.996. The van der Waals surface area contributed by atoms with E-state index in [1.807, 2.05) is 24.8 Å². The molecular formula is C15H19NO4S. The van der Waals surface area contributed by atoms with Crippen LogP contribution in [0.25, 0.3) is 6.08 Å². The number of carboxylic acids is 1. The Morgan fingerprint density at radius 2 is 2.29 bits per heavy atom. The number of aryl methyl sites for hydroxylation is 1. The number of amides is 1. The summed E-state index contributed by atoms with van der Waals surface area (Å²) in [5, 5.41) is 8.67. The Morgan fingerprint density at radius 3 is 3.00 bits per heavy atom. The van der Waals surface area contributed by atoms with Gasteiger partial charge in [0.2, 0.25) is 0 Å². The monoisotopic (exact) mass is 309 g/mol. The Hall–Kier alpha value is -1.66. The number of hydrogen-bond donors (Lipinski definition) is 1. The van der Waals surface area contributed by atoms with Gasteiger partial charge in [-0.25, -0.2) is 4.79 Å². The van der Waals surface area contributed by atoms with E-state index in [0.717, 1.165) is 22.9 Å². The van der Waals surface area contributed by atoms with Crippen LogP contribution in [0.4, 0.5) is 0 Å². The highest BCUT2D eigenvalue weighted by molar-refractivity contribution is 7.15. The highest BCUT2D eigenvalue weighted by Gasteiger charge is 2.22. The minimum atomic E-state index is -0.992. The summed E-state index contributed by atoms with van der Waals surface area (Å²) >= 11 is 1.33. The number of hydrogen-bond acceptors (Lipinski definition) is 4. The van der Waals surface area contributed by atoms with Crippen molar-refractivity contribution < 1.29 is 19.4 Å². The normalized spacial score (nSPS) is 19.7. The number of rotatable bonds is 3. The lowest BCUT2D eigenvalue weighted by molar-refractivity contribution is -0.131. The zero-order valence-electron chi connectivity index (χ0n) is 12.2. The van der Waals surface area contributed by atoms with Crippen LogP contribution in [0, 0.1) is 6.92 Å². The van der Waals surface area contributed by atoms with Gasteiger partial charge in [-0.3, -0.25) is 4.79 Å². The molecule has 1 aliphatic heterocycles. The third kappa shape index (κ3) is 4.15. The van der Waals surface area contributed by atoms with E-state index >= 15 is 0 Å². The van der Waals surface area contributed by atoms with E-state index in [9.17, 15) is 9.59 Å². The Morgan fingerprint density at radius 1 is 1.52 bits per heavy atom. The maximum atomic E-state index is 12.5. The van der Waals surface area contributed by atoms with Gasteiger partial charge < -0.3 is 14.7 Å². The first-order valence-electron chi connectivity index (χ1n) is 6.89. The van der Waals surface area contributed by atoms with Crippen molar-refractivity contribution in [2.24, 2.45) is 0 Å². The van der Waals surface area contributed by atoms with E-state index in [2.05, 4.69) is 0 Å². The van der Waals surface area contributed by atoms with Crippen LogP contribution in [-0.4, -0.2) is 47.7 Å². The summed E-state index contributed by atoms with van der Waals surface area (Å²) in [5.41, 5.74) is 0.917. The largest absolute Gasteiger partial charge is 0.478 e. The van der Waals surface area contributed by atoms with Crippen molar-refractivity contribution in [2.45, 2.75) is 26.4 Å². The highest BCUT2D eigenvalue weighted by atomic mass is 32.1. The Bertz CT molecular complexity index is 564. The van der Waals surface area contributed by atoms with Crippen LogP contribution in [0.1, 0.15) is 33.5 Å². The van der Waals surface area contributed by atoms with E-state index in [1.54, 1.807) is 0 Å². The van der Waals surface area contributed by atoms with Gasteiger partial charge in [-0.05, 0) is 38.0 Å². The third-order valence-electron chi connectivity index (χ3n) is 3.28. The molecule has 1 N–H and O–H groups in total. The zero-order chi connectivity index (χ0) is 15.4. The van der Waals surface area contributed by atoms with E-state index in [4.69, 9.17) is 9.84 Å². The molecule has 0 radical (unpaired) electrons. The Labute approximate surface area is 127 Å². The van der Waals surface area contributed by atoms with E-state index < -0.39 is 5.97 Å². The molecule has 114 valence electrons. The number of carbonyl (C=O) groups excluding carboxylic acids is 1. The lowest BCUT2D eigenvalue weighted by Crippen LogP contribution is -2.35. The molecule has 1 unspecified atom stereocenters. The van der Waals surface area contributed by atoms with E-state index in [-0.39, 0.29) is 12.0 Å². The van der Waals surface area contributed by atoms with Crippen LogP contribution in [-0.2, 0) is 9.53 Å². The highest BCUT2D eigenvalue weighted by Crippen LogP contribution is 2.25. The summed E-state index contributed by atoms with van der Waals surface area (Å²) in [7, 11) is 0. The van der Waals surface area contributed by atoms with Gasteiger partial charge >= 0.3 is 5.97 Å². The number of carbonyl (C=O) groups is 2. The topological polar surface area (TPSA) is 66.8 Å². The molecule has 1 atom stereocenters. The van der Waals surface area contributed by atoms with Gasteiger partial charge in [-0.1, -0.05) is 0 Å². The molecule has 1 aromatic rings. The molecule has 2 heterocycles. The third-order valence-corrected chi connectivity index (χ3v) is 4.47. The van der Waals surface area contributed by atoms with Crippen LogP contribution in [0.5, 0.6) is 0 Å². The summed E-state index contributed by atoms with van der Waals surface area (Å²) in [6, 6.07) is 1.82. The maximum absolute atomic E-state index is 12.5. The van der Waals surface area contributed by atoms with E-state index in [1.165, 1.54) is 17.4 Å². The molecule has 1 fully saturated rings. The van der Waals surface area contributed by atoms with Gasteiger partial charge in [0.1, 0.15) is 0 Å². The lowest BCUT2D eigenvalue weighted by Gasteiger charge is -2.21.